The number of anilines is 1. The van der Waals surface area contributed by atoms with Gasteiger partial charge < -0.3 is 15.4 Å². The van der Waals surface area contributed by atoms with Crippen molar-refractivity contribution in [1.29, 1.82) is 0 Å². The summed E-state index contributed by atoms with van der Waals surface area (Å²) >= 11 is 5.73. The molecular formula is C11H16ClN3O2. The van der Waals surface area contributed by atoms with Gasteiger partial charge in [-0.05, 0) is 13.0 Å². The molecular weight excluding hydrogens is 242 g/mol. The fourth-order valence-corrected chi connectivity index (χ4v) is 1.44. The molecule has 0 saturated heterocycles. The zero-order valence-electron chi connectivity index (χ0n) is 9.94. The summed E-state index contributed by atoms with van der Waals surface area (Å²) in [5.41, 5.74) is 6.37. The Kier molecular flexibility index (Phi) is 5.18. The van der Waals surface area contributed by atoms with Crippen LogP contribution in [0.1, 0.15) is 17.3 Å². The van der Waals surface area contributed by atoms with Gasteiger partial charge in [0.15, 0.2) is 0 Å². The zero-order chi connectivity index (χ0) is 12.8. The summed E-state index contributed by atoms with van der Waals surface area (Å²) in [4.78, 5) is 17.4. The number of rotatable bonds is 5. The maximum atomic E-state index is 12.0. The van der Waals surface area contributed by atoms with Crippen LogP contribution in [0, 0.1) is 0 Å². The molecule has 5 nitrogen and oxygen atoms in total. The monoisotopic (exact) mass is 257 g/mol. The molecule has 0 aliphatic carbocycles. The number of carbonyl (C=O) groups excluding carboxylic acids is 1. The molecule has 17 heavy (non-hydrogen) atoms. The fraction of sp³-hybridized carbons (Fsp3) is 0.455. The number of nitrogens with two attached hydrogens (primary N) is 1. The number of halogens is 1. The quantitative estimate of drug-likeness (QED) is 0.640. The Morgan fingerprint density at radius 2 is 2.35 bits per heavy atom. The van der Waals surface area contributed by atoms with Crippen LogP contribution in [0.3, 0.4) is 0 Å². The molecule has 1 rings (SSSR count). The minimum atomic E-state index is -0.188. The van der Waals surface area contributed by atoms with Crippen LogP contribution < -0.4 is 5.73 Å². The average Bonchev–Trinajstić information content (AvgIpc) is 2.31. The van der Waals surface area contributed by atoms with E-state index in [1.807, 2.05) is 6.92 Å². The lowest BCUT2D eigenvalue weighted by Gasteiger charge is -2.17. The molecule has 0 aliphatic heterocycles. The topological polar surface area (TPSA) is 68.5 Å². The van der Waals surface area contributed by atoms with Gasteiger partial charge in [-0.1, -0.05) is 11.6 Å². The van der Waals surface area contributed by atoms with Crippen LogP contribution in [0.4, 0.5) is 5.69 Å². The van der Waals surface area contributed by atoms with E-state index in [0.717, 1.165) is 0 Å². The molecule has 0 spiro atoms. The summed E-state index contributed by atoms with van der Waals surface area (Å²) in [5.74, 6) is -0.188. The smallest absolute Gasteiger partial charge is 0.255 e. The molecule has 0 saturated carbocycles. The molecule has 0 bridgehead atoms. The van der Waals surface area contributed by atoms with Gasteiger partial charge in [0, 0.05) is 20.2 Å². The molecule has 1 aromatic rings. The van der Waals surface area contributed by atoms with E-state index in [1.165, 1.54) is 17.2 Å². The van der Waals surface area contributed by atoms with Crippen molar-refractivity contribution in [3.05, 3.63) is 23.0 Å². The van der Waals surface area contributed by atoms with Gasteiger partial charge in [-0.3, -0.25) is 4.79 Å². The molecule has 0 aromatic carbocycles. The predicted molar refractivity (Wildman–Crippen MR) is 67.1 cm³/mol. The van der Waals surface area contributed by atoms with Crippen molar-refractivity contribution in [2.24, 2.45) is 0 Å². The van der Waals surface area contributed by atoms with Crippen molar-refractivity contribution in [2.75, 3.05) is 32.5 Å². The maximum Gasteiger partial charge on any atom is 0.255 e. The molecule has 1 heterocycles. The molecule has 0 fully saturated rings. The SMILES string of the molecule is CCOCCN(C)C(=O)c1cc(Cl)ncc1N. The standard InChI is InChI=1S/C11H16ClN3O2/c1-3-17-5-4-15(2)11(16)8-6-10(12)14-7-9(8)13/h6-7H,3-5,13H2,1-2H3. The van der Waals surface area contributed by atoms with Gasteiger partial charge in [0.05, 0.1) is 24.1 Å². The summed E-state index contributed by atoms with van der Waals surface area (Å²) in [6.45, 7) is 3.54. The van der Waals surface area contributed by atoms with E-state index < -0.39 is 0 Å². The Bertz CT molecular complexity index is 398. The molecule has 0 aliphatic rings. The number of likely N-dealkylation sites (N-methyl/N-ethyl adjacent to an activating group) is 1. The fourth-order valence-electron chi connectivity index (χ4n) is 1.28. The number of ether oxygens (including phenoxy) is 1. The van der Waals surface area contributed by atoms with Crippen LogP contribution in [0.2, 0.25) is 5.15 Å². The Balaban J connectivity index is 2.71. The Hall–Kier alpha value is -1.33. The number of pyridine rings is 1. The van der Waals surface area contributed by atoms with Crippen molar-refractivity contribution in [3.63, 3.8) is 0 Å². The van der Waals surface area contributed by atoms with Crippen LogP contribution in [0.25, 0.3) is 0 Å². The molecule has 0 atom stereocenters. The number of carbonyl (C=O) groups is 1. The molecule has 94 valence electrons. The highest BCUT2D eigenvalue weighted by Crippen LogP contribution is 2.16. The number of hydrogen-bond donors (Lipinski definition) is 1. The van der Waals surface area contributed by atoms with Gasteiger partial charge in [-0.2, -0.15) is 0 Å². The first-order valence-corrected chi connectivity index (χ1v) is 5.68. The molecule has 1 amide bonds. The van der Waals surface area contributed by atoms with E-state index in [1.54, 1.807) is 7.05 Å². The summed E-state index contributed by atoms with van der Waals surface area (Å²) in [6.07, 6.45) is 1.38. The van der Waals surface area contributed by atoms with Gasteiger partial charge in [-0.15, -0.1) is 0 Å². The normalized spacial score (nSPS) is 10.3. The molecule has 2 N–H and O–H groups in total. The molecule has 0 unspecified atom stereocenters. The van der Waals surface area contributed by atoms with Crippen LogP contribution in [0.15, 0.2) is 12.3 Å². The summed E-state index contributed by atoms with van der Waals surface area (Å²) in [5, 5.41) is 0.251. The minimum Gasteiger partial charge on any atom is -0.397 e. The van der Waals surface area contributed by atoms with Crippen molar-refractivity contribution in [1.82, 2.24) is 9.88 Å². The van der Waals surface area contributed by atoms with Crippen LogP contribution in [-0.2, 0) is 4.74 Å². The second-order valence-electron chi connectivity index (χ2n) is 3.52. The van der Waals surface area contributed by atoms with E-state index in [-0.39, 0.29) is 11.1 Å². The highest BCUT2D eigenvalue weighted by Gasteiger charge is 2.15. The number of hydrogen-bond acceptors (Lipinski definition) is 4. The first-order chi connectivity index (χ1) is 8.06. The van der Waals surface area contributed by atoms with Crippen molar-refractivity contribution in [2.45, 2.75) is 6.92 Å². The summed E-state index contributed by atoms with van der Waals surface area (Å²) < 4.78 is 5.18. The van der Waals surface area contributed by atoms with E-state index in [4.69, 9.17) is 22.1 Å². The number of nitrogen functional groups attached to an aromatic ring is 1. The van der Waals surface area contributed by atoms with E-state index in [9.17, 15) is 4.79 Å². The zero-order valence-corrected chi connectivity index (χ0v) is 10.7. The number of nitrogens with zero attached hydrogens (tertiary/aromatic N) is 2. The molecule has 6 heteroatoms. The van der Waals surface area contributed by atoms with Crippen LogP contribution >= 0.6 is 11.6 Å². The maximum absolute atomic E-state index is 12.0. The van der Waals surface area contributed by atoms with Crippen LogP contribution in [0.5, 0.6) is 0 Å². The molecule has 0 radical (unpaired) electrons. The third kappa shape index (κ3) is 3.87. The third-order valence-corrected chi connectivity index (χ3v) is 2.46. The lowest BCUT2D eigenvalue weighted by Crippen LogP contribution is -2.30. The van der Waals surface area contributed by atoms with Gasteiger partial charge in [-0.25, -0.2) is 4.98 Å². The van der Waals surface area contributed by atoms with Crippen molar-refractivity contribution in [3.8, 4) is 0 Å². The van der Waals surface area contributed by atoms with Crippen molar-refractivity contribution >= 4 is 23.2 Å². The van der Waals surface area contributed by atoms with Gasteiger partial charge >= 0.3 is 0 Å². The first-order valence-electron chi connectivity index (χ1n) is 5.30. The Morgan fingerprint density at radius 3 is 3.00 bits per heavy atom. The van der Waals surface area contributed by atoms with Gasteiger partial charge in [0.2, 0.25) is 0 Å². The first kappa shape index (κ1) is 13.7. The van der Waals surface area contributed by atoms with E-state index in [2.05, 4.69) is 4.98 Å². The van der Waals surface area contributed by atoms with Crippen LogP contribution in [-0.4, -0.2) is 42.6 Å². The lowest BCUT2D eigenvalue weighted by molar-refractivity contribution is 0.0711. The Labute approximate surface area is 106 Å². The Morgan fingerprint density at radius 1 is 1.65 bits per heavy atom. The van der Waals surface area contributed by atoms with Crippen molar-refractivity contribution < 1.29 is 9.53 Å². The highest BCUT2D eigenvalue weighted by atomic mass is 35.5. The molecule has 1 aromatic heterocycles. The third-order valence-electron chi connectivity index (χ3n) is 2.25. The van der Waals surface area contributed by atoms with Gasteiger partial charge in [0.25, 0.3) is 5.91 Å². The largest absolute Gasteiger partial charge is 0.397 e. The van der Waals surface area contributed by atoms with E-state index >= 15 is 0 Å². The second-order valence-corrected chi connectivity index (χ2v) is 3.91. The number of amides is 1. The van der Waals surface area contributed by atoms with E-state index in [0.29, 0.717) is 31.0 Å². The highest BCUT2D eigenvalue weighted by molar-refractivity contribution is 6.29. The summed E-state index contributed by atoms with van der Waals surface area (Å²) in [7, 11) is 1.69. The average molecular weight is 258 g/mol. The summed E-state index contributed by atoms with van der Waals surface area (Å²) in [6, 6.07) is 1.47. The predicted octanol–water partition coefficient (Wildman–Crippen LogP) is 1.43. The second kappa shape index (κ2) is 6.42. The van der Waals surface area contributed by atoms with Gasteiger partial charge in [0.1, 0.15) is 5.15 Å². The number of aromatic nitrogens is 1. The minimum absolute atomic E-state index is 0.188. The lowest BCUT2D eigenvalue weighted by atomic mass is 10.2.